The summed E-state index contributed by atoms with van der Waals surface area (Å²) in [5, 5.41) is 8.32. The molecule has 152 valence electrons. The highest BCUT2D eigenvalue weighted by atomic mass is 35.5. The molecule has 0 fully saturated rings. The van der Waals surface area contributed by atoms with Crippen molar-refractivity contribution in [1.82, 2.24) is 20.2 Å². The van der Waals surface area contributed by atoms with Crippen molar-refractivity contribution in [3.05, 3.63) is 93.0 Å². The van der Waals surface area contributed by atoms with Crippen LogP contribution in [-0.4, -0.2) is 26.1 Å². The number of benzene rings is 2. The minimum Gasteiger partial charge on any atom is -0.365 e. The number of H-pyrrole nitrogens is 2. The largest absolute Gasteiger partial charge is 0.365 e. The number of nitrogens with one attached hydrogen (secondary N) is 2. The third kappa shape index (κ3) is 4.40. The van der Waals surface area contributed by atoms with E-state index >= 15 is 0 Å². The number of aryl methyl sites for hydroxylation is 2. The topological polar surface area (TPSA) is 100 Å². The van der Waals surface area contributed by atoms with Crippen molar-refractivity contribution in [3.8, 4) is 11.4 Å². The molecule has 0 aliphatic heterocycles. The number of aromatic amines is 2. The molecule has 4 N–H and O–H groups in total. The van der Waals surface area contributed by atoms with Gasteiger partial charge in [0.1, 0.15) is 5.82 Å². The van der Waals surface area contributed by atoms with Crippen LogP contribution in [0.5, 0.6) is 0 Å². The van der Waals surface area contributed by atoms with Crippen molar-refractivity contribution < 1.29 is 4.79 Å². The molecule has 6 nitrogen and oxygen atoms in total. The van der Waals surface area contributed by atoms with E-state index in [0.29, 0.717) is 52.2 Å². The third-order valence-electron chi connectivity index (χ3n) is 4.82. The number of amides is 1. The molecule has 4 rings (SSSR count). The third-order valence-corrected chi connectivity index (χ3v) is 5.37. The summed E-state index contributed by atoms with van der Waals surface area (Å²) in [6, 6.07) is 17.2. The summed E-state index contributed by atoms with van der Waals surface area (Å²) in [5.74, 6) is 0.186. The zero-order valence-corrected chi connectivity index (χ0v) is 17.5. The molecular weight excluding hydrogens is 421 g/mol. The highest BCUT2D eigenvalue weighted by Crippen LogP contribution is 2.24. The van der Waals surface area contributed by atoms with Crippen molar-refractivity contribution in [2.24, 2.45) is 5.73 Å². The SMILES string of the molecule is NC(=O)c1c(CCc2[nH]c(-c3ccccc3)nc2Cl)n[nH]c1Cc1cccc(Cl)c1. The lowest BCUT2D eigenvalue weighted by Gasteiger charge is -2.04. The number of rotatable bonds is 7. The van der Waals surface area contributed by atoms with Crippen molar-refractivity contribution in [3.63, 3.8) is 0 Å². The molecule has 30 heavy (non-hydrogen) atoms. The fraction of sp³-hybridized carbons (Fsp3) is 0.136. The fourth-order valence-corrected chi connectivity index (χ4v) is 3.84. The molecule has 4 aromatic rings. The van der Waals surface area contributed by atoms with E-state index in [2.05, 4.69) is 20.2 Å². The lowest BCUT2D eigenvalue weighted by molar-refractivity contribution is 0.0998. The Morgan fingerprint density at radius 1 is 1.00 bits per heavy atom. The van der Waals surface area contributed by atoms with Crippen molar-refractivity contribution in [1.29, 1.82) is 0 Å². The minimum absolute atomic E-state index is 0.407. The molecule has 0 bridgehead atoms. The number of imidazole rings is 1. The molecule has 2 aromatic heterocycles. The summed E-state index contributed by atoms with van der Waals surface area (Å²) in [5.41, 5.74) is 10.0. The first-order chi connectivity index (χ1) is 14.5. The first-order valence-corrected chi connectivity index (χ1v) is 10.2. The van der Waals surface area contributed by atoms with Gasteiger partial charge in [0.15, 0.2) is 5.15 Å². The van der Waals surface area contributed by atoms with Gasteiger partial charge >= 0.3 is 0 Å². The first-order valence-electron chi connectivity index (χ1n) is 9.41. The standard InChI is InChI=1S/C22H19Cl2N5O/c23-15-8-4-5-13(11-15)12-18-19(21(25)30)16(28-29-18)9-10-17-20(24)27-22(26-17)14-6-2-1-3-7-14/h1-8,11H,9-10,12H2,(H2,25,30)(H,26,27)(H,28,29). The Labute approximate surface area is 183 Å². The maximum Gasteiger partial charge on any atom is 0.252 e. The summed E-state index contributed by atoms with van der Waals surface area (Å²) >= 11 is 12.4. The van der Waals surface area contributed by atoms with Crippen LogP contribution in [0.15, 0.2) is 54.6 Å². The highest BCUT2D eigenvalue weighted by molar-refractivity contribution is 6.30. The summed E-state index contributed by atoms with van der Waals surface area (Å²) in [4.78, 5) is 19.8. The highest BCUT2D eigenvalue weighted by Gasteiger charge is 2.19. The van der Waals surface area contributed by atoms with Gasteiger partial charge in [0.25, 0.3) is 5.91 Å². The van der Waals surface area contributed by atoms with Gasteiger partial charge in [-0.1, -0.05) is 65.7 Å². The molecule has 0 saturated carbocycles. The molecule has 0 atom stereocenters. The lowest BCUT2D eigenvalue weighted by atomic mass is 10.0. The van der Waals surface area contributed by atoms with Gasteiger partial charge in [-0.05, 0) is 30.5 Å². The maximum absolute atomic E-state index is 12.1. The van der Waals surface area contributed by atoms with E-state index in [-0.39, 0.29) is 0 Å². The van der Waals surface area contributed by atoms with Gasteiger partial charge in [0.2, 0.25) is 0 Å². The van der Waals surface area contributed by atoms with Crippen LogP contribution in [0.3, 0.4) is 0 Å². The second-order valence-corrected chi connectivity index (χ2v) is 7.71. The van der Waals surface area contributed by atoms with Gasteiger partial charge in [-0.15, -0.1) is 0 Å². The van der Waals surface area contributed by atoms with Gasteiger partial charge < -0.3 is 10.7 Å². The molecule has 1 amide bonds. The van der Waals surface area contributed by atoms with Crippen LogP contribution in [-0.2, 0) is 19.3 Å². The number of hydrogen-bond acceptors (Lipinski definition) is 3. The maximum atomic E-state index is 12.1. The summed E-state index contributed by atoms with van der Waals surface area (Å²) in [6.07, 6.45) is 1.51. The number of carbonyl (C=O) groups is 1. The normalized spacial score (nSPS) is 11.0. The molecule has 0 radical (unpaired) electrons. The molecule has 0 saturated heterocycles. The van der Waals surface area contributed by atoms with E-state index in [4.69, 9.17) is 28.9 Å². The van der Waals surface area contributed by atoms with Crippen molar-refractivity contribution >= 4 is 29.1 Å². The average molecular weight is 440 g/mol. The quantitative estimate of drug-likeness (QED) is 0.392. The number of aromatic nitrogens is 4. The smallest absolute Gasteiger partial charge is 0.252 e. The molecule has 0 aliphatic carbocycles. The van der Waals surface area contributed by atoms with Gasteiger partial charge in [0.05, 0.1) is 22.6 Å². The first kappa shape index (κ1) is 20.2. The fourth-order valence-electron chi connectivity index (χ4n) is 3.40. The monoisotopic (exact) mass is 439 g/mol. The average Bonchev–Trinajstić information content (AvgIpc) is 3.30. The number of hydrogen-bond donors (Lipinski definition) is 3. The van der Waals surface area contributed by atoms with Gasteiger partial charge in [-0.25, -0.2) is 4.98 Å². The zero-order valence-electron chi connectivity index (χ0n) is 16.0. The van der Waals surface area contributed by atoms with Crippen LogP contribution >= 0.6 is 23.2 Å². The molecular formula is C22H19Cl2N5O. The van der Waals surface area contributed by atoms with Crippen LogP contribution < -0.4 is 5.73 Å². The van der Waals surface area contributed by atoms with E-state index in [1.54, 1.807) is 6.07 Å². The second-order valence-electron chi connectivity index (χ2n) is 6.92. The van der Waals surface area contributed by atoms with E-state index in [9.17, 15) is 4.79 Å². The van der Waals surface area contributed by atoms with Gasteiger partial charge in [-0.2, -0.15) is 5.10 Å². The summed E-state index contributed by atoms with van der Waals surface area (Å²) in [7, 11) is 0. The van der Waals surface area contributed by atoms with Crippen LogP contribution in [0.4, 0.5) is 0 Å². The van der Waals surface area contributed by atoms with Gasteiger partial charge in [-0.3, -0.25) is 9.89 Å². The Morgan fingerprint density at radius 2 is 1.80 bits per heavy atom. The Balaban J connectivity index is 1.53. The number of carbonyl (C=O) groups excluding carboxylic acids is 1. The zero-order chi connectivity index (χ0) is 21.1. The Bertz CT molecular complexity index is 1180. The van der Waals surface area contributed by atoms with Crippen molar-refractivity contribution in [2.45, 2.75) is 19.3 Å². The van der Waals surface area contributed by atoms with Gasteiger partial charge in [0, 0.05) is 17.0 Å². The molecule has 2 aromatic carbocycles. The van der Waals surface area contributed by atoms with E-state index in [1.165, 1.54) is 0 Å². The van der Waals surface area contributed by atoms with Crippen LogP contribution in [0.25, 0.3) is 11.4 Å². The molecule has 0 spiro atoms. The molecule has 0 unspecified atom stereocenters. The molecule has 2 heterocycles. The van der Waals surface area contributed by atoms with Crippen LogP contribution in [0.2, 0.25) is 10.2 Å². The Kier molecular flexibility index (Phi) is 5.88. The number of primary amides is 1. The number of nitrogens with two attached hydrogens (primary N) is 1. The Hall–Kier alpha value is -3.09. The Morgan fingerprint density at radius 3 is 2.53 bits per heavy atom. The van der Waals surface area contributed by atoms with E-state index in [1.807, 2.05) is 48.5 Å². The lowest BCUT2D eigenvalue weighted by Crippen LogP contribution is -2.15. The predicted octanol–water partition coefficient (Wildman–Crippen LogP) is 4.58. The van der Waals surface area contributed by atoms with Crippen LogP contribution in [0, 0.1) is 0 Å². The molecule has 8 heteroatoms. The minimum atomic E-state index is -0.517. The van der Waals surface area contributed by atoms with E-state index < -0.39 is 5.91 Å². The van der Waals surface area contributed by atoms with Crippen molar-refractivity contribution in [2.75, 3.05) is 0 Å². The summed E-state index contributed by atoms with van der Waals surface area (Å²) < 4.78 is 0. The van der Waals surface area contributed by atoms with E-state index in [0.717, 1.165) is 16.8 Å². The predicted molar refractivity (Wildman–Crippen MR) is 118 cm³/mol. The second kappa shape index (κ2) is 8.73. The van der Waals surface area contributed by atoms with Crippen LogP contribution in [0.1, 0.15) is 33.0 Å². The summed E-state index contributed by atoms with van der Waals surface area (Å²) in [6.45, 7) is 0. The molecule has 0 aliphatic rings. The number of nitrogens with zero attached hydrogens (tertiary/aromatic N) is 2. The number of halogens is 2.